The number of carbonyl (C=O) groups excluding carboxylic acids is 1. The summed E-state index contributed by atoms with van der Waals surface area (Å²) >= 11 is 0. The van der Waals surface area contributed by atoms with Crippen molar-refractivity contribution in [3.63, 3.8) is 0 Å². The molecule has 0 radical (unpaired) electrons. The molecule has 15 heavy (non-hydrogen) atoms. The molecular formula is C11H17N3O. The molecule has 1 heterocycles. The molecule has 82 valence electrons. The second-order valence-electron chi connectivity index (χ2n) is 3.29. The van der Waals surface area contributed by atoms with Crippen molar-refractivity contribution in [2.45, 2.75) is 19.8 Å². The predicted molar refractivity (Wildman–Crippen MR) is 61.0 cm³/mol. The average Bonchev–Trinajstić information content (AvgIpc) is 2.29. The van der Waals surface area contributed by atoms with Crippen molar-refractivity contribution >= 4 is 11.6 Å². The number of pyridine rings is 1. The van der Waals surface area contributed by atoms with E-state index in [1.54, 1.807) is 12.3 Å². The fraction of sp³-hybridized carbons (Fsp3) is 0.455. The van der Waals surface area contributed by atoms with E-state index in [0.29, 0.717) is 12.2 Å². The first-order valence-electron chi connectivity index (χ1n) is 5.20. The molecule has 0 spiro atoms. The molecular weight excluding hydrogens is 190 g/mol. The van der Waals surface area contributed by atoms with E-state index in [2.05, 4.69) is 22.5 Å². The molecule has 1 rings (SSSR count). The van der Waals surface area contributed by atoms with Gasteiger partial charge in [0.05, 0.1) is 0 Å². The van der Waals surface area contributed by atoms with E-state index in [-0.39, 0.29) is 5.91 Å². The fourth-order valence-electron chi connectivity index (χ4n) is 1.18. The highest BCUT2D eigenvalue weighted by Crippen LogP contribution is 2.06. The SMILES string of the molecule is CCCCNC(=O)c1cc(NC)ccn1. The molecule has 2 N–H and O–H groups in total. The van der Waals surface area contributed by atoms with E-state index in [4.69, 9.17) is 0 Å². The zero-order valence-electron chi connectivity index (χ0n) is 9.21. The molecule has 0 bridgehead atoms. The lowest BCUT2D eigenvalue weighted by Gasteiger charge is -2.05. The lowest BCUT2D eigenvalue weighted by atomic mass is 10.3. The molecule has 0 atom stereocenters. The van der Waals surface area contributed by atoms with Crippen molar-refractivity contribution in [2.24, 2.45) is 0 Å². The van der Waals surface area contributed by atoms with Gasteiger partial charge in [-0.05, 0) is 18.6 Å². The molecule has 0 unspecified atom stereocenters. The van der Waals surface area contributed by atoms with E-state index >= 15 is 0 Å². The third kappa shape index (κ3) is 3.58. The highest BCUT2D eigenvalue weighted by atomic mass is 16.1. The van der Waals surface area contributed by atoms with Crippen LogP contribution >= 0.6 is 0 Å². The number of anilines is 1. The van der Waals surface area contributed by atoms with Crippen LogP contribution in [0, 0.1) is 0 Å². The normalized spacial score (nSPS) is 9.73. The number of nitrogens with one attached hydrogen (secondary N) is 2. The molecule has 0 aromatic carbocycles. The number of hydrogen-bond donors (Lipinski definition) is 2. The second-order valence-corrected chi connectivity index (χ2v) is 3.29. The predicted octanol–water partition coefficient (Wildman–Crippen LogP) is 1.65. The van der Waals surface area contributed by atoms with Gasteiger partial charge in [-0.15, -0.1) is 0 Å². The van der Waals surface area contributed by atoms with Gasteiger partial charge in [-0.1, -0.05) is 13.3 Å². The van der Waals surface area contributed by atoms with Gasteiger partial charge in [0, 0.05) is 25.5 Å². The zero-order valence-corrected chi connectivity index (χ0v) is 9.21. The van der Waals surface area contributed by atoms with E-state index in [1.807, 2.05) is 13.1 Å². The molecule has 0 saturated heterocycles. The van der Waals surface area contributed by atoms with Crippen LogP contribution in [0.4, 0.5) is 5.69 Å². The summed E-state index contributed by atoms with van der Waals surface area (Å²) in [5, 5.41) is 5.79. The van der Waals surface area contributed by atoms with Crippen LogP contribution in [0.2, 0.25) is 0 Å². The maximum absolute atomic E-state index is 11.6. The van der Waals surface area contributed by atoms with Crippen LogP contribution in [0.1, 0.15) is 30.3 Å². The van der Waals surface area contributed by atoms with Gasteiger partial charge in [0.2, 0.25) is 0 Å². The van der Waals surface area contributed by atoms with Crippen LogP contribution in [0.5, 0.6) is 0 Å². The minimum Gasteiger partial charge on any atom is -0.388 e. The van der Waals surface area contributed by atoms with E-state index in [9.17, 15) is 4.79 Å². The Kier molecular flexibility index (Phi) is 4.60. The zero-order chi connectivity index (χ0) is 11.1. The summed E-state index contributed by atoms with van der Waals surface area (Å²) < 4.78 is 0. The summed E-state index contributed by atoms with van der Waals surface area (Å²) in [6, 6.07) is 3.56. The van der Waals surface area contributed by atoms with Gasteiger partial charge in [-0.3, -0.25) is 9.78 Å². The van der Waals surface area contributed by atoms with Gasteiger partial charge in [0.1, 0.15) is 5.69 Å². The molecule has 4 nitrogen and oxygen atoms in total. The van der Waals surface area contributed by atoms with Crippen LogP contribution < -0.4 is 10.6 Å². The van der Waals surface area contributed by atoms with Gasteiger partial charge in [-0.25, -0.2) is 0 Å². The van der Waals surface area contributed by atoms with E-state index in [1.165, 1.54) is 0 Å². The minimum atomic E-state index is -0.111. The standard InChI is InChI=1S/C11H17N3O/c1-3-4-6-14-11(15)10-8-9(12-2)5-7-13-10/h5,7-8H,3-4,6H2,1-2H3,(H,12,13)(H,14,15). The van der Waals surface area contributed by atoms with Crippen LogP contribution in [0.25, 0.3) is 0 Å². The third-order valence-corrected chi connectivity index (χ3v) is 2.10. The number of hydrogen-bond acceptors (Lipinski definition) is 3. The number of rotatable bonds is 5. The van der Waals surface area contributed by atoms with Gasteiger partial charge in [0.15, 0.2) is 0 Å². The summed E-state index contributed by atoms with van der Waals surface area (Å²) in [6.07, 6.45) is 3.70. The lowest BCUT2D eigenvalue weighted by molar-refractivity contribution is 0.0948. The Morgan fingerprint density at radius 2 is 2.33 bits per heavy atom. The molecule has 0 aliphatic rings. The highest BCUT2D eigenvalue weighted by Gasteiger charge is 2.05. The van der Waals surface area contributed by atoms with Crippen molar-refractivity contribution in [1.29, 1.82) is 0 Å². The summed E-state index contributed by atoms with van der Waals surface area (Å²) in [7, 11) is 1.81. The Balaban J connectivity index is 2.57. The van der Waals surface area contributed by atoms with Crippen molar-refractivity contribution in [1.82, 2.24) is 10.3 Å². The maximum atomic E-state index is 11.6. The molecule has 1 aromatic rings. The fourth-order valence-corrected chi connectivity index (χ4v) is 1.18. The third-order valence-electron chi connectivity index (χ3n) is 2.10. The van der Waals surface area contributed by atoms with Crippen LogP contribution in [-0.4, -0.2) is 24.5 Å². The molecule has 1 amide bonds. The van der Waals surface area contributed by atoms with Gasteiger partial charge in [-0.2, -0.15) is 0 Å². The first-order valence-corrected chi connectivity index (χ1v) is 5.20. The van der Waals surface area contributed by atoms with Crippen LogP contribution in [0.3, 0.4) is 0 Å². The monoisotopic (exact) mass is 207 g/mol. The number of nitrogens with zero attached hydrogens (tertiary/aromatic N) is 1. The molecule has 0 aliphatic carbocycles. The smallest absolute Gasteiger partial charge is 0.269 e. The largest absolute Gasteiger partial charge is 0.388 e. The summed E-state index contributed by atoms with van der Waals surface area (Å²) in [5.74, 6) is -0.111. The first kappa shape index (κ1) is 11.5. The van der Waals surface area contributed by atoms with E-state index in [0.717, 1.165) is 18.5 Å². The summed E-state index contributed by atoms with van der Waals surface area (Å²) in [5.41, 5.74) is 1.35. The molecule has 4 heteroatoms. The topological polar surface area (TPSA) is 54.0 Å². The van der Waals surface area contributed by atoms with E-state index < -0.39 is 0 Å². The van der Waals surface area contributed by atoms with Gasteiger partial charge < -0.3 is 10.6 Å². The van der Waals surface area contributed by atoms with Gasteiger partial charge in [0.25, 0.3) is 5.91 Å². The van der Waals surface area contributed by atoms with Crippen molar-refractivity contribution in [3.8, 4) is 0 Å². The molecule has 0 aliphatic heterocycles. The Morgan fingerprint density at radius 1 is 1.53 bits per heavy atom. The van der Waals surface area contributed by atoms with Crippen LogP contribution in [0.15, 0.2) is 18.3 Å². The number of unbranched alkanes of at least 4 members (excludes halogenated alkanes) is 1. The van der Waals surface area contributed by atoms with Crippen molar-refractivity contribution in [3.05, 3.63) is 24.0 Å². The highest BCUT2D eigenvalue weighted by molar-refractivity contribution is 5.93. The number of amides is 1. The van der Waals surface area contributed by atoms with Crippen LogP contribution in [-0.2, 0) is 0 Å². The van der Waals surface area contributed by atoms with Gasteiger partial charge >= 0.3 is 0 Å². The number of carbonyl (C=O) groups is 1. The quantitative estimate of drug-likeness (QED) is 0.722. The van der Waals surface area contributed by atoms with Crippen molar-refractivity contribution in [2.75, 3.05) is 18.9 Å². The Bertz CT molecular complexity index is 325. The summed E-state index contributed by atoms with van der Waals surface area (Å²) in [4.78, 5) is 15.6. The minimum absolute atomic E-state index is 0.111. The van der Waals surface area contributed by atoms with Crippen molar-refractivity contribution < 1.29 is 4.79 Å². The Labute approximate surface area is 90.1 Å². The summed E-state index contributed by atoms with van der Waals surface area (Å²) in [6.45, 7) is 2.80. The number of aromatic nitrogens is 1. The Hall–Kier alpha value is -1.58. The first-order chi connectivity index (χ1) is 7.27. The molecule has 0 saturated carbocycles. The average molecular weight is 207 g/mol. The second kappa shape index (κ2) is 6.01. The lowest BCUT2D eigenvalue weighted by Crippen LogP contribution is -2.25. The molecule has 0 fully saturated rings. The molecule has 1 aromatic heterocycles. The Morgan fingerprint density at radius 3 is 3.00 bits per heavy atom. The maximum Gasteiger partial charge on any atom is 0.269 e.